The van der Waals surface area contributed by atoms with Gasteiger partial charge in [-0.05, 0) is 41.5 Å². The van der Waals surface area contributed by atoms with Crippen molar-refractivity contribution in [3.8, 4) is 11.5 Å². The number of halogens is 4. The van der Waals surface area contributed by atoms with Crippen LogP contribution in [0.15, 0.2) is 42.5 Å². The fraction of sp³-hybridized carbons (Fsp3) is 0.211. The first kappa shape index (κ1) is 20.6. The molecule has 2 aromatic rings. The Morgan fingerprint density at radius 2 is 1.81 bits per heavy atom. The number of amides is 1. The van der Waals surface area contributed by atoms with Crippen molar-refractivity contribution in [3.05, 3.63) is 64.2 Å². The third-order valence-corrected chi connectivity index (χ3v) is 3.97. The van der Waals surface area contributed by atoms with Crippen molar-refractivity contribution >= 4 is 23.6 Å². The molecule has 27 heavy (non-hydrogen) atoms. The topological polar surface area (TPSA) is 47.6 Å². The predicted octanol–water partition coefficient (Wildman–Crippen LogP) is 4.71. The molecular weight excluding hydrogens is 383 g/mol. The number of benzene rings is 2. The number of nitrogens with one attached hydrogen (secondary N) is 1. The maximum absolute atomic E-state index is 12.8. The van der Waals surface area contributed by atoms with Gasteiger partial charge >= 0.3 is 6.18 Å². The van der Waals surface area contributed by atoms with Crippen LogP contribution in [-0.4, -0.2) is 20.1 Å². The van der Waals surface area contributed by atoms with Gasteiger partial charge in [-0.2, -0.15) is 13.2 Å². The second-order valence-corrected chi connectivity index (χ2v) is 5.88. The lowest BCUT2D eigenvalue weighted by atomic mass is 10.1. The van der Waals surface area contributed by atoms with Crippen LogP contribution in [0.5, 0.6) is 11.5 Å². The van der Waals surface area contributed by atoms with Gasteiger partial charge in [0.2, 0.25) is 5.91 Å². The van der Waals surface area contributed by atoms with Crippen molar-refractivity contribution in [3.63, 3.8) is 0 Å². The molecule has 0 aliphatic heterocycles. The van der Waals surface area contributed by atoms with Crippen LogP contribution in [0.25, 0.3) is 6.08 Å². The van der Waals surface area contributed by atoms with E-state index < -0.39 is 22.7 Å². The number of methoxy groups -OCH3 is 2. The molecule has 1 amide bonds. The van der Waals surface area contributed by atoms with E-state index in [2.05, 4.69) is 5.32 Å². The number of alkyl halides is 3. The van der Waals surface area contributed by atoms with Crippen LogP contribution >= 0.6 is 11.6 Å². The van der Waals surface area contributed by atoms with Crippen LogP contribution in [0.4, 0.5) is 13.2 Å². The van der Waals surface area contributed by atoms with E-state index in [-0.39, 0.29) is 12.1 Å². The zero-order valence-corrected chi connectivity index (χ0v) is 15.3. The maximum Gasteiger partial charge on any atom is 0.417 e. The molecule has 144 valence electrons. The highest BCUT2D eigenvalue weighted by atomic mass is 35.5. The van der Waals surface area contributed by atoms with E-state index in [1.165, 1.54) is 26.4 Å². The highest BCUT2D eigenvalue weighted by Crippen LogP contribution is 2.35. The van der Waals surface area contributed by atoms with Crippen LogP contribution in [0.2, 0.25) is 5.02 Å². The third-order valence-electron chi connectivity index (χ3n) is 3.64. The lowest BCUT2D eigenvalue weighted by molar-refractivity contribution is -0.137. The minimum absolute atomic E-state index is 0.216. The van der Waals surface area contributed by atoms with Gasteiger partial charge in [0.05, 0.1) is 24.8 Å². The molecular formula is C19H17ClF3NO3. The molecule has 0 radical (unpaired) electrons. The summed E-state index contributed by atoms with van der Waals surface area (Å²) in [6.07, 6.45) is -2.11. The number of carbonyl (C=O) groups is 1. The van der Waals surface area contributed by atoms with Gasteiger partial charge in [-0.3, -0.25) is 4.79 Å². The van der Waals surface area contributed by atoms with Crippen molar-refractivity contribution < 1.29 is 27.4 Å². The first-order valence-electron chi connectivity index (χ1n) is 7.78. The molecule has 0 saturated heterocycles. The summed E-state index contributed by atoms with van der Waals surface area (Å²) in [6.45, 7) is 0.220. The zero-order chi connectivity index (χ0) is 20.0. The summed E-state index contributed by atoms with van der Waals surface area (Å²) < 4.78 is 48.9. The van der Waals surface area contributed by atoms with Gasteiger partial charge in [0.1, 0.15) is 0 Å². The zero-order valence-electron chi connectivity index (χ0n) is 14.6. The fourth-order valence-electron chi connectivity index (χ4n) is 2.27. The number of hydrogen-bond donors (Lipinski definition) is 1. The SMILES string of the molecule is COc1ccc(CNC(=O)/C=C/c2ccc(Cl)c(C(F)(F)F)c2)cc1OC. The maximum atomic E-state index is 12.8. The average Bonchev–Trinajstić information content (AvgIpc) is 2.64. The third kappa shape index (κ3) is 5.65. The summed E-state index contributed by atoms with van der Waals surface area (Å²) in [5.41, 5.74) is 0.0466. The molecule has 2 aromatic carbocycles. The number of carbonyl (C=O) groups excluding carboxylic acids is 1. The van der Waals surface area contributed by atoms with Crippen LogP contribution < -0.4 is 14.8 Å². The molecule has 0 aliphatic carbocycles. The van der Waals surface area contributed by atoms with Gasteiger partial charge in [0.25, 0.3) is 0 Å². The van der Waals surface area contributed by atoms with Crippen molar-refractivity contribution in [1.29, 1.82) is 0 Å². The van der Waals surface area contributed by atoms with Crippen molar-refractivity contribution in [2.24, 2.45) is 0 Å². The first-order valence-corrected chi connectivity index (χ1v) is 8.16. The molecule has 0 bridgehead atoms. The molecule has 1 N–H and O–H groups in total. The summed E-state index contributed by atoms with van der Waals surface area (Å²) in [7, 11) is 3.02. The number of ether oxygens (including phenoxy) is 2. The van der Waals surface area contributed by atoms with E-state index in [0.29, 0.717) is 11.5 Å². The Bertz CT molecular complexity index is 851. The van der Waals surface area contributed by atoms with Crippen LogP contribution in [-0.2, 0) is 17.5 Å². The van der Waals surface area contributed by atoms with Gasteiger partial charge in [-0.25, -0.2) is 0 Å². The van der Waals surface area contributed by atoms with Crippen LogP contribution in [0.3, 0.4) is 0 Å². The molecule has 8 heteroatoms. The van der Waals surface area contributed by atoms with E-state index >= 15 is 0 Å². The Hall–Kier alpha value is -2.67. The van der Waals surface area contributed by atoms with E-state index in [1.54, 1.807) is 18.2 Å². The molecule has 0 heterocycles. The monoisotopic (exact) mass is 399 g/mol. The average molecular weight is 400 g/mol. The van der Waals surface area contributed by atoms with Gasteiger partial charge in [0.15, 0.2) is 11.5 Å². The summed E-state index contributed by atoms with van der Waals surface area (Å²) in [5, 5.41) is 2.25. The largest absolute Gasteiger partial charge is 0.493 e. The van der Waals surface area contributed by atoms with Crippen LogP contribution in [0, 0.1) is 0 Å². The summed E-state index contributed by atoms with van der Waals surface area (Å²) in [5.74, 6) is 0.643. The standard InChI is InChI=1S/C19H17ClF3NO3/c1-26-16-7-4-13(10-17(16)27-2)11-24-18(25)8-5-12-3-6-15(20)14(9-12)19(21,22)23/h3-10H,11H2,1-2H3,(H,24,25)/b8-5+. The normalized spacial score (nSPS) is 11.5. The Kier molecular flexibility index (Phi) is 6.74. The van der Waals surface area contributed by atoms with E-state index in [0.717, 1.165) is 23.8 Å². The highest BCUT2D eigenvalue weighted by Gasteiger charge is 2.33. The van der Waals surface area contributed by atoms with Gasteiger partial charge < -0.3 is 14.8 Å². The smallest absolute Gasteiger partial charge is 0.417 e. The Morgan fingerprint density at radius 3 is 2.44 bits per heavy atom. The Labute approximate surface area is 159 Å². The highest BCUT2D eigenvalue weighted by molar-refractivity contribution is 6.31. The lowest BCUT2D eigenvalue weighted by Gasteiger charge is -2.10. The van der Waals surface area contributed by atoms with Gasteiger partial charge in [-0.15, -0.1) is 0 Å². The van der Waals surface area contributed by atoms with Crippen molar-refractivity contribution in [2.45, 2.75) is 12.7 Å². The van der Waals surface area contributed by atoms with Crippen LogP contribution in [0.1, 0.15) is 16.7 Å². The fourth-order valence-corrected chi connectivity index (χ4v) is 2.50. The van der Waals surface area contributed by atoms with Crippen molar-refractivity contribution in [2.75, 3.05) is 14.2 Å². The molecule has 0 aromatic heterocycles. The predicted molar refractivity (Wildman–Crippen MR) is 96.9 cm³/mol. The molecule has 0 atom stereocenters. The molecule has 0 fully saturated rings. The van der Waals surface area contributed by atoms with E-state index in [9.17, 15) is 18.0 Å². The Balaban J connectivity index is 2.02. The van der Waals surface area contributed by atoms with Crippen molar-refractivity contribution in [1.82, 2.24) is 5.32 Å². The van der Waals surface area contributed by atoms with Gasteiger partial charge in [-0.1, -0.05) is 23.7 Å². The molecule has 2 rings (SSSR count). The summed E-state index contributed by atoms with van der Waals surface area (Å²) in [4.78, 5) is 11.9. The number of hydrogen-bond acceptors (Lipinski definition) is 3. The first-order chi connectivity index (χ1) is 12.7. The second-order valence-electron chi connectivity index (χ2n) is 5.48. The summed E-state index contributed by atoms with van der Waals surface area (Å²) >= 11 is 5.56. The molecule has 0 unspecified atom stereocenters. The molecule has 0 spiro atoms. The minimum atomic E-state index is -4.56. The van der Waals surface area contributed by atoms with E-state index in [4.69, 9.17) is 21.1 Å². The lowest BCUT2D eigenvalue weighted by Crippen LogP contribution is -2.20. The minimum Gasteiger partial charge on any atom is -0.493 e. The molecule has 0 aliphatic rings. The summed E-state index contributed by atoms with van der Waals surface area (Å²) in [6, 6.07) is 8.63. The second kappa shape index (κ2) is 8.81. The molecule has 4 nitrogen and oxygen atoms in total. The number of rotatable bonds is 6. The Morgan fingerprint density at radius 1 is 1.11 bits per heavy atom. The van der Waals surface area contributed by atoms with Gasteiger partial charge in [0, 0.05) is 12.6 Å². The quantitative estimate of drug-likeness (QED) is 0.716. The van der Waals surface area contributed by atoms with E-state index in [1.807, 2.05) is 0 Å². The molecule has 0 saturated carbocycles.